The lowest BCUT2D eigenvalue weighted by Crippen LogP contribution is -2.40. The Morgan fingerprint density at radius 1 is 1.47 bits per heavy atom. The van der Waals surface area contributed by atoms with Gasteiger partial charge in [-0.15, -0.1) is 0 Å². The number of hydrogen-bond donors (Lipinski definition) is 1. The van der Waals surface area contributed by atoms with Crippen LogP contribution in [0, 0.1) is 6.92 Å². The number of aliphatic hydroxyl groups is 1. The Bertz CT molecular complexity index is 448. The third kappa shape index (κ3) is 3.33. The van der Waals surface area contributed by atoms with E-state index in [0.717, 1.165) is 24.2 Å². The lowest BCUT2D eigenvalue weighted by Gasteiger charge is -2.25. The molecule has 1 saturated heterocycles. The van der Waals surface area contributed by atoms with Gasteiger partial charge >= 0.3 is 0 Å². The molecule has 1 aliphatic heterocycles. The predicted octanol–water partition coefficient (Wildman–Crippen LogP) is 1.41. The van der Waals surface area contributed by atoms with Gasteiger partial charge in [-0.1, -0.05) is 18.2 Å². The fourth-order valence-electron chi connectivity index (χ4n) is 2.58. The topological polar surface area (TPSA) is 43.8 Å². The highest BCUT2D eigenvalue weighted by Crippen LogP contribution is 2.20. The molecule has 2 rings (SSSR count). The molecule has 0 unspecified atom stereocenters. The second kappa shape index (κ2) is 6.17. The molecule has 4 heteroatoms. The molecule has 1 fully saturated rings. The minimum atomic E-state index is -0.277. The molecule has 1 N–H and O–H groups in total. The zero-order valence-corrected chi connectivity index (χ0v) is 11.7. The minimum absolute atomic E-state index is 0.103. The fourth-order valence-corrected chi connectivity index (χ4v) is 2.58. The molecule has 19 heavy (non-hydrogen) atoms. The zero-order chi connectivity index (χ0) is 13.8. The van der Waals surface area contributed by atoms with Gasteiger partial charge in [-0.05, 0) is 31.9 Å². The summed E-state index contributed by atoms with van der Waals surface area (Å²) in [7, 11) is 0. The van der Waals surface area contributed by atoms with Gasteiger partial charge in [0.2, 0.25) is 5.91 Å². The van der Waals surface area contributed by atoms with Gasteiger partial charge in [0.05, 0.1) is 12.6 Å². The molecule has 0 saturated carbocycles. The van der Waals surface area contributed by atoms with E-state index in [4.69, 9.17) is 0 Å². The number of likely N-dealkylation sites (tertiary alicyclic amines) is 1. The van der Waals surface area contributed by atoms with Crippen LogP contribution in [0.2, 0.25) is 0 Å². The van der Waals surface area contributed by atoms with Crippen molar-refractivity contribution in [3.05, 3.63) is 29.8 Å². The Labute approximate surface area is 114 Å². The van der Waals surface area contributed by atoms with E-state index in [1.807, 2.05) is 47.9 Å². The first-order valence-electron chi connectivity index (χ1n) is 6.88. The van der Waals surface area contributed by atoms with Crippen molar-refractivity contribution >= 4 is 11.6 Å². The maximum atomic E-state index is 12.4. The van der Waals surface area contributed by atoms with E-state index >= 15 is 0 Å². The molecule has 0 radical (unpaired) electrons. The molecule has 104 valence electrons. The Balaban J connectivity index is 2.05. The number of likely N-dealkylation sites (N-methyl/N-ethyl adjacent to an activating group) is 1. The van der Waals surface area contributed by atoms with Crippen LogP contribution in [0.1, 0.15) is 18.9 Å². The van der Waals surface area contributed by atoms with Crippen LogP contribution in [-0.4, -0.2) is 48.2 Å². The van der Waals surface area contributed by atoms with E-state index in [2.05, 4.69) is 0 Å². The molecule has 1 atom stereocenters. The summed E-state index contributed by atoms with van der Waals surface area (Å²) in [6.45, 7) is 6.47. The molecule has 0 spiro atoms. The van der Waals surface area contributed by atoms with Crippen molar-refractivity contribution in [2.75, 3.05) is 31.1 Å². The summed E-state index contributed by atoms with van der Waals surface area (Å²) in [4.78, 5) is 16.2. The average Bonchev–Trinajstić information content (AvgIpc) is 2.78. The average molecular weight is 262 g/mol. The van der Waals surface area contributed by atoms with Crippen LogP contribution in [-0.2, 0) is 4.79 Å². The summed E-state index contributed by atoms with van der Waals surface area (Å²) in [5, 5.41) is 9.50. The summed E-state index contributed by atoms with van der Waals surface area (Å²) in [6, 6.07) is 7.94. The molecule has 4 nitrogen and oxygen atoms in total. The first-order chi connectivity index (χ1) is 9.11. The van der Waals surface area contributed by atoms with E-state index in [0.29, 0.717) is 19.6 Å². The number of nitrogens with zero attached hydrogens (tertiary/aromatic N) is 2. The lowest BCUT2D eigenvalue weighted by atomic mass is 10.2. The number of carbonyl (C=O) groups excluding carboxylic acids is 1. The highest BCUT2D eigenvalue weighted by molar-refractivity contribution is 5.95. The van der Waals surface area contributed by atoms with Crippen LogP contribution in [0.4, 0.5) is 5.69 Å². The van der Waals surface area contributed by atoms with Crippen LogP contribution in [0.15, 0.2) is 24.3 Å². The van der Waals surface area contributed by atoms with Gasteiger partial charge in [-0.25, -0.2) is 0 Å². The molecule has 0 aromatic heterocycles. The molecular weight excluding hydrogens is 240 g/mol. The van der Waals surface area contributed by atoms with Crippen LogP contribution in [0.5, 0.6) is 0 Å². The summed E-state index contributed by atoms with van der Waals surface area (Å²) >= 11 is 0. The van der Waals surface area contributed by atoms with Gasteiger partial charge in [-0.2, -0.15) is 0 Å². The Kier molecular flexibility index (Phi) is 4.56. The highest BCUT2D eigenvalue weighted by Gasteiger charge is 2.24. The number of β-amino-alcohol motifs (C(OH)–C–C–N with tert-alkyl or cyclic N) is 1. The van der Waals surface area contributed by atoms with E-state index in [1.165, 1.54) is 0 Å². The summed E-state index contributed by atoms with van der Waals surface area (Å²) in [5.41, 5.74) is 2.09. The van der Waals surface area contributed by atoms with Gasteiger partial charge in [-0.3, -0.25) is 9.69 Å². The quantitative estimate of drug-likeness (QED) is 0.892. The number of aliphatic hydroxyl groups excluding tert-OH is 1. The smallest absolute Gasteiger partial charge is 0.241 e. The minimum Gasteiger partial charge on any atom is -0.392 e. The van der Waals surface area contributed by atoms with Gasteiger partial charge in [0.15, 0.2) is 0 Å². The first kappa shape index (κ1) is 14.0. The van der Waals surface area contributed by atoms with Crippen molar-refractivity contribution in [2.45, 2.75) is 26.4 Å². The number of amides is 1. The number of benzene rings is 1. The first-order valence-corrected chi connectivity index (χ1v) is 6.88. The highest BCUT2D eigenvalue weighted by atomic mass is 16.3. The zero-order valence-electron chi connectivity index (χ0n) is 11.7. The van der Waals surface area contributed by atoms with Crippen molar-refractivity contribution in [3.63, 3.8) is 0 Å². The Morgan fingerprint density at radius 3 is 2.79 bits per heavy atom. The Morgan fingerprint density at radius 2 is 2.21 bits per heavy atom. The van der Waals surface area contributed by atoms with Crippen molar-refractivity contribution in [1.29, 1.82) is 0 Å². The summed E-state index contributed by atoms with van der Waals surface area (Å²) < 4.78 is 0. The molecule has 1 aromatic carbocycles. The number of para-hydroxylation sites is 1. The second-order valence-corrected chi connectivity index (χ2v) is 5.10. The summed E-state index contributed by atoms with van der Waals surface area (Å²) in [5.74, 6) is 0.103. The van der Waals surface area contributed by atoms with Crippen molar-refractivity contribution in [2.24, 2.45) is 0 Å². The summed E-state index contributed by atoms with van der Waals surface area (Å²) in [6.07, 6.45) is 0.491. The molecule has 1 aliphatic rings. The molecule has 1 heterocycles. The van der Waals surface area contributed by atoms with Gasteiger partial charge in [0, 0.05) is 25.3 Å². The number of rotatable bonds is 4. The normalized spacial score (nSPS) is 19.6. The molecule has 0 aliphatic carbocycles. The molecule has 1 amide bonds. The molecule has 0 bridgehead atoms. The Hall–Kier alpha value is -1.39. The van der Waals surface area contributed by atoms with E-state index in [-0.39, 0.29) is 12.0 Å². The van der Waals surface area contributed by atoms with Crippen molar-refractivity contribution in [1.82, 2.24) is 4.90 Å². The number of aryl methyl sites for hydroxylation is 1. The number of hydrogen-bond acceptors (Lipinski definition) is 3. The third-order valence-electron chi connectivity index (χ3n) is 3.63. The monoisotopic (exact) mass is 262 g/mol. The van der Waals surface area contributed by atoms with Gasteiger partial charge in [0.1, 0.15) is 0 Å². The number of carbonyl (C=O) groups is 1. The largest absolute Gasteiger partial charge is 0.392 e. The van der Waals surface area contributed by atoms with E-state index in [9.17, 15) is 9.90 Å². The van der Waals surface area contributed by atoms with Gasteiger partial charge < -0.3 is 10.0 Å². The van der Waals surface area contributed by atoms with Crippen LogP contribution in [0.3, 0.4) is 0 Å². The second-order valence-electron chi connectivity index (χ2n) is 5.10. The SMILES string of the molecule is CCN(C(=O)CN1CC[C@H](O)C1)c1ccccc1C. The van der Waals surface area contributed by atoms with Crippen LogP contribution < -0.4 is 4.90 Å². The van der Waals surface area contributed by atoms with E-state index in [1.54, 1.807) is 0 Å². The van der Waals surface area contributed by atoms with Crippen molar-refractivity contribution < 1.29 is 9.90 Å². The third-order valence-corrected chi connectivity index (χ3v) is 3.63. The standard InChI is InChI=1S/C15H22N2O2/c1-3-17(14-7-5-4-6-12(14)2)15(19)11-16-9-8-13(18)10-16/h4-7,13,18H,3,8-11H2,1-2H3/t13-/m0/s1. The predicted molar refractivity (Wildman–Crippen MR) is 76.3 cm³/mol. The van der Waals surface area contributed by atoms with E-state index < -0.39 is 0 Å². The van der Waals surface area contributed by atoms with Gasteiger partial charge in [0.25, 0.3) is 0 Å². The molecular formula is C15H22N2O2. The van der Waals surface area contributed by atoms with Crippen molar-refractivity contribution in [3.8, 4) is 0 Å². The maximum absolute atomic E-state index is 12.4. The maximum Gasteiger partial charge on any atom is 0.241 e. The number of anilines is 1. The lowest BCUT2D eigenvalue weighted by molar-refractivity contribution is -0.119. The van der Waals surface area contributed by atoms with Crippen LogP contribution >= 0.6 is 0 Å². The van der Waals surface area contributed by atoms with Crippen LogP contribution in [0.25, 0.3) is 0 Å². The molecule has 1 aromatic rings. The fraction of sp³-hybridized carbons (Fsp3) is 0.533.